The maximum absolute atomic E-state index is 14.4. The molecule has 0 atom stereocenters. The smallest absolute Gasteiger partial charge is 0.173 e. The SMILES string of the molecule is FC1=C=C=C(N2/C(=C3\N(C4=CC=C(F)CC4)c4ccccc4N3c3ccc(F)cc3)N(c3ccc(F)cc3)c3ccccc32)C=C1. The van der Waals surface area contributed by atoms with E-state index in [1.165, 1.54) is 36.4 Å². The van der Waals surface area contributed by atoms with Crippen molar-refractivity contribution in [2.24, 2.45) is 0 Å². The molecule has 2 heterocycles. The third-order valence-corrected chi connectivity index (χ3v) is 8.25. The Morgan fingerprint density at radius 1 is 0.478 bits per heavy atom. The molecule has 4 aliphatic rings. The van der Waals surface area contributed by atoms with E-state index in [-0.39, 0.29) is 23.9 Å². The van der Waals surface area contributed by atoms with Crippen LogP contribution in [0, 0.1) is 11.6 Å². The summed E-state index contributed by atoms with van der Waals surface area (Å²) in [5.74, 6) is -0.261. The van der Waals surface area contributed by atoms with Crippen LogP contribution < -0.4 is 19.6 Å². The molecule has 0 saturated carbocycles. The van der Waals surface area contributed by atoms with Gasteiger partial charge >= 0.3 is 0 Å². The van der Waals surface area contributed by atoms with Crippen molar-refractivity contribution in [2.45, 2.75) is 12.8 Å². The summed E-state index contributed by atoms with van der Waals surface area (Å²) in [6.45, 7) is 0. The predicted molar refractivity (Wildman–Crippen MR) is 173 cm³/mol. The van der Waals surface area contributed by atoms with Gasteiger partial charge in [-0.25, -0.2) is 13.2 Å². The van der Waals surface area contributed by atoms with Gasteiger partial charge in [0, 0.05) is 23.5 Å². The molecule has 0 saturated heterocycles. The van der Waals surface area contributed by atoms with Gasteiger partial charge in [-0.05, 0) is 115 Å². The number of rotatable bonds is 4. The molecule has 0 radical (unpaired) electrons. The number of hydrogen-bond acceptors (Lipinski definition) is 4. The number of nitrogens with zero attached hydrogens (tertiary/aromatic N) is 4. The van der Waals surface area contributed by atoms with Gasteiger partial charge in [-0.15, -0.1) is 0 Å². The molecule has 0 aromatic heterocycles. The zero-order chi connectivity index (χ0) is 31.4. The third kappa shape index (κ3) is 4.48. The first-order chi connectivity index (χ1) is 22.5. The highest BCUT2D eigenvalue weighted by Gasteiger charge is 2.45. The lowest BCUT2D eigenvalue weighted by Gasteiger charge is -2.35. The largest absolute Gasteiger partial charge is 0.295 e. The number of hydrogen-bond donors (Lipinski definition) is 0. The first-order valence-corrected chi connectivity index (χ1v) is 14.8. The van der Waals surface area contributed by atoms with Crippen LogP contribution in [0.15, 0.2) is 168 Å². The van der Waals surface area contributed by atoms with Crippen molar-refractivity contribution in [1.82, 2.24) is 0 Å². The van der Waals surface area contributed by atoms with Gasteiger partial charge in [-0.2, -0.15) is 4.39 Å². The molecule has 0 unspecified atom stereocenters. The summed E-state index contributed by atoms with van der Waals surface area (Å²) in [4.78, 5) is 8.08. The van der Waals surface area contributed by atoms with Gasteiger partial charge in [0.05, 0.1) is 28.4 Å². The van der Waals surface area contributed by atoms with Crippen LogP contribution in [0.2, 0.25) is 0 Å². The molecule has 0 bridgehead atoms. The van der Waals surface area contributed by atoms with Crippen molar-refractivity contribution in [1.29, 1.82) is 0 Å². The Morgan fingerprint density at radius 2 is 0.978 bits per heavy atom. The van der Waals surface area contributed by atoms with Gasteiger partial charge in [0.1, 0.15) is 17.5 Å². The molecule has 2 aliphatic heterocycles. The third-order valence-electron chi connectivity index (χ3n) is 8.25. The van der Waals surface area contributed by atoms with E-state index in [1.54, 1.807) is 36.4 Å². The average molecular weight is 613 g/mol. The molecule has 8 rings (SSSR count). The minimum absolute atomic E-state index is 0.208. The first-order valence-electron chi connectivity index (χ1n) is 14.8. The van der Waals surface area contributed by atoms with Crippen molar-refractivity contribution in [3.8, 4) is 0 Å². The standard InChI is InChI=1S/C38H24F4N4/c39-25-9-17-29(18-10-25)43-33-5-1-2-6-34(33)44(30-19-11-26(40)12-20-30)37(43)38-45(31-21-13-27(41)14-22-31)35-7-3-4-8-36(35)46(38)32-23-15-28(42)16-24-32/h1-11,13-15,17-19,21-23H,12,20H2/b38-37-. The van der Waals surface area contributed by atoms with Crippen LogP contribution in [-0.4, -0.2) is 0 Å². The Labute approximate surface area is 263 Å². The lowest BCUT2D eigenvalue weighted by molar-refractivity contribution is 0.579. The zero-order valence-corrected chi connectivity index (χ0v) is 24.3. The monoisotopic (exact) mass is 612 g/mol. The summed E-state index contributed by atoms with van der Waals surface area (Å²) in [5.41, 5.74) is 11.5. The van der Waals surface area contributed by atoms with Crippen LogP contribution in [0.4, 0.5) is 51.7 Å². The fourth-order valence-electron chi connectivity index (χ4n) is 6.26. The molecule has 4 aromatic carbocycles. The summed E-state index contributed by atoms with van der Waals surface area (Å²) in [6, 6.07) is 28.0. The number of para-hydroxylation sites is 4. The normalized spacial score (nSPS) is 18.3. The van der Waals surface area contributed by atoms with Crippen LogP contribution in [0.3, 0.4) is 0 Å². The van der Waals surface area contributed by atoms with Crippen molar-refractivity contribution in [2.75, 3.05) is 19.6 Å². The molecule has 0 amide bonds. The number of anilines is 6. The maximum Gasteiger partial charge on any atom is 0.173 e. The molecular formula is C38H24F4N4. The fraction of sp³-hybridized carbons (Fsp3) is 0.0526. The molecule has 4 aromatic rings. The van der Waals surface area contributed by atoms with E-state index in [4.69, 9.17) is 0 Å². The van der Waals surface area contributed by atoms with E-state index in [9.17, 15) is 17.6 Å². The summed E-state index contributed by atoms with van der Waals surface area (Å²) in [6.07, 6.45) is 6.86. The van der Waals surface area contributed by atoms with Crippen LogP contribution >= 0.6 is 0 Å². The van der Waals surface area contributed by atoms with E-state index in [2.05, 4.69) is 16.4 Å². The number of benzene rings is 4. The van der Waals surface area contributed by atoms with Gasteiger partial charge in [0.25, 0.3) is 0 Å². The van der Waals surface area contributed by atoms with Crippen molar-refractivity contribution in [3.63, 3.8) is 0 Å². The van der Waals surface area contributed by atoms with Gasteiger partial charge in [-0.1, -0.05) is 24.3 Å². The number of allylic oxidation sites excluding steroid dienone is 7. The molecule has 4 nitrogen and oxygen atoms in total. The molecule has 0 fully saturated rings. The van der Waals surface area contributed by atoms with Crippen molar-refractivity contribution in [3.05, 3.63) is 179 Å². The van der Waals surface area contributed by atoms with E-state index in [1.807, 2.05) is 63.2 Å². The van der Waals surface area contributed by atoms with E-state index in [0.717, 1.165) is 28.4 Å². The summed E-state index contributed by atoms with van der Waals surface area (Å²) < 4.78 is 57.2. The van der Waals surface area contributed by atoms with Gasteiger partial charge in [-0.3, -0.25) is 19.6 Å². The summed E-state index contributed by atoms with van der Waals surface area (Å²) in [5, 5.41) is 0. The van der Waals surface area contributed by atoms with Gasteiger partial charge in [0.15, 0.2) is 17.5 Å². The van der Waals surface area contributed by atoms with Crippen LogP contribution in [0.25, 0.3) is 0 Å². The van der Waals surface area contributed by atoms with Gasteiger partial charge in [0.2, 0.25) is 0 Å². The van der Waals surface area contributed by atoms with Crippen LogP contribution in [0.5, 0.6) is 0 Å². The van der Waals surface area contributed by atoms with E-state index < -0.39 is 5.83 Å². The highest BCUT2D eigenvalue weighted by Crippen LogP contribution is 2.55. The summed E-state index contributed by atoms with van der Waals surface area (Å²) >= 11 is 0. The van der Waals surface area contributed by atoms with Crippen molar-refractivity contribution < 1.29 is 17.6 Å². The Balaban J connectivity index is 1.52. The Hall–Kier alpha value is -5.94. The maximum atomic E-state index is 14.4. The second-order valence-electron chi connectivity index (χ2n) is 11.0. The van der Waals surface area contributed by atoms with Crippen LogP contribution in [0.1, 0.15) is 12.8 Å². The van der Waals surface area contributed by atoms with E-state index >= 15 is 0 Å². The van der Waals surface area contributed by atoms with E-state index in [0.29, 0.717) is 35.1 Å². The molecule has 0 spiro atoms. The second-order valence-corrected chi connectivity index (χ2v) is 11.0. The molecule has 2 aliphatic carbocycles. The quantitative estimate of drug-likeness (QED) is 0.168. The minimum atomic E-state index is -0.551. The molecule has 224 valence electrons. The minimum Gasteiger partial charge on any atom is -0.295 e. The van der Waals surface area contributed by atoms with Crippen molar-refractivity contribution >= 4 is 34.1 Å². The zero-order valence-electron chi connectivity index (χ0n) is 24.3. The topological polar surface area (TPSA) is 13.0 Å². The average Bonchev–Trinajstić information content (AvgIpc) is 3.60. The second kappa shape index (κ2) is 10.9. The fourth-order valence-corrected chi connectivity index (χ4v) is 6.26. The Morgan fingerprint density at radius 3 is 1.46 bits per heavy atom. The predicted octanol–water partition coefficient (Wildman–Crippen LogP) is 10.3. The molecule has 0 N–H and O–H groups in total. The lowest BCUT2D eigenvalue weighted by atomic mass is 10.1. The highest BCUT2D eigenvalue weighted by molar-refractivity contribution is 5.97. The number of fused-ring (bicyclic) bond motifs is 2. The molecule has 8 heteroatoms. The molecular weight excluding hydrogens is 588 g/mol. The first kappa shape index (κ1) is 27.6. The lowest BCUT2D eigenvalue weighted by Crippen LogP contribution is -2.36. The highest BCUT2D eigenvalue weighted by atomic mass is 19.1. The summed E-state index contributed by atoms with van der Waals surface area (Å²) in [7, 11) is 0. The van der Waals surface area contributed by atoms with Crippen LogP contribution in [-0.2, 0) is 0 Å². The number of halogens is 4. The Kier molecular flexibility index (Phi) is 6.54. The molecule has 46 heavy (non-hydrogen) atoms. The van der Waals surface area contributed by atoms with Gasteiger partial charge < -0.3 is 0 Å². The Bertz CT molecular complexity index is 2130.